The van der Waals surface area contributed by atoms with E-state index in [4.69, 9.17) is 12.2 Å². The molecule has 0 aliphatic rings. The highest BCUT2D eigenvalue weighted by Crippen LogP contribution is 2.23. The number of carbonyl (C=O) groups is 1. The predicted octanol–water partition coefficient (Wildman–Crippen LogP) is 3.47. The third-order valence-electron chi connectivity index (χ3n) is 3.05. The van der Waals surface area contributed by atoms with Crippen LogP contribution in [0.25, 0.3) is 5.69 Å². The van der Waals surface area contributed by atoms with Gasteiger partial charge in [0.15, 0.2) is 8.29 Å². The monoisotopic (exact) mass is 374 g/mol. The maximum absolute atomic E-state index is 11.9. The summed E-state index contributed by atoms with van der Waals surface area (Å²) in [5, 5.41) is 7.32. The van der Waals surface area contributed by atoms with E-state index in [1.165, 1.54) is 23.1 Å². The number of hydrogen-bond acceptors (Lipinski definition) is 6. The first-order valence-electron chi connectivity index (χ1n) is 7.17. The number of amides is 1. The Labute approximate surface area is 152 Å². The molecule has 3 aromatic rings. The van der Waals surface area contributed by atoms with Crippen molar-refractivity contribution in [3.8, 4) is 5.69 Å². The number of aromatic nitrogens is 3. The zero-order valence-electron chi connectivity index (χ0n) is 12.6. The molecule has 0 aliphatic heterocycles. The van der Waals surface area contributed by atoms with Gasteiger partial charge in [-0.05, 0) is 36.5 Å². The summed E-state index contributed by atoms with van der Waals surface area (Å²) in [6, 6.07) is 15.3. The SMILES string of the molecule is O=C(CSc1nn(-c2ccccc2)c(=S)s1)NCc1ccccn1. The van der Waals surface area contributed by atoms with E-state index in [0.717, 1.165) is 15.7 Å². The molecule has 8 heteroatoms. The number of pyridine rings is 1. The quantitative estimate of drug-likeness (QED) is 0.529. The van der Waals surface area contributed by atoms with Crippen LogP contribution in [0.2, 0.25) is 0 Å². The van der Waals surface area contributed by atoms with Gasteiger partial charge in [0.2, 0.25) is 5.91 Å². The van der Waals surface area contributed by atoms with Crippen molar-refractivity contribution in [2.75, 3.05) is 5.75 Å². The average Bonchev–Trinajstić information content (AvgIpc) is 3.00. The minimum atomic E-state index is -0.0574. The topological polar surface area (TPSA) is 59.8 Å². The van der Waals surface area contributed by atoms with Crippen LogP contribution in [-0.4, -0.2) is 26.4 Å². The molecule has 0 unspecified atom stereocenters. The molecule has 1 amide bonds. The third-order valence-corrected chi connectivity index (χ3v) is 5.41. The van der Waals surface area contributed by atoms with Gasteiger partial charge in [0.1, 0.15) is 0 Å². The molecule has 24 heavy (non-hydrogen) atoms. The smallest absolute Gasteiger partial charge is 0.230 e. The summed E-state index contributed by atoms with van der Waals surface area (Å²) < 4.78 is 3.16. The fourth-order valence-electron chi connectivity index (χ4n) is 1.92. The largest absolute Gasteiger partial charge is 0.350 e. The molecule has 0 saturated carbocycles. The van der Waals surface area contributed by atoms with Crippen LogP contribution in [0.4, 0.5) is 0 Å². The Bertz CT molecular complexity index is 862. The van der Waals surface area contributed by atoms with Gasteiger partial charge in [-0.1, -0.05) is 47.4 Å². The van der Waals surface area contributed by atoms with Crippen LogP contribution in [-0.2, 0) is 11.3 Å². The minimum absolute atomic E-state index is 0.0574. The summed E-state index contributed by atoms with van der Waals surface area (Å²) in [4.78, 5) is 16.1. The molecule has 0 saturated heterocycles. The molecule has 0 spiro atoms. The molecular weight excluding hydrogens is 360 g/mol. The predicted molar refractivity (Wildman–Crippen MR) is 99.1 cm³/mol. The number of carbonyl (C=O) groups excluding carboxylic acids is 1. The van der Waals surface area contributed by atoms with Crippen LogP contribution in [0.5, 0.6) is 0 Å². The second-order valence-corrected chi connectivity index (χ2v) is 7.61. The van der Waals surface area contributed by atoms with E-state index in [1.54, 1.807) is 10.9 Å². The Kier molecular flexibility index (Phi) is 5.73. The lowest BCUT2D eigenvalue weighted by molar-refractivity contribution is -0.118. The van der Waals surface area contributed by atoms with E-state index in [1.807, 2.05) is 48.5 Å². The van der Waals surface area contributed by atoms with Crippen LogP contribution in [0.3, 0.4) is 0 Å². The summed E-state index contributed by atoms with van der Waals surface area (Å²) in [5.41, 5.74) is 1.75. The molecule has 0 aliphatic carbocycles. The van der Waals surface area contributed by atoms with Crippen LogP contribution < -0.4 is 5.32 Å². The lowest BCUT2D eigenvalue weighted by Crippen LogP contribution is -2.24. The first-order valence-corrected chi connectivity index (χ1v) is 9.38. The van der Waals surface area contributed by atoms with E-state index < -0.39 is 0 Å². The van der Waals surface area contributed by atoms with Crippen molar-refractivity contribution in [1.82, 2.24) is 20.1 Å². The van der Waals surface area contributed by atoms with Crippen LogP contribution in [0.1, 0.15) is 5.69 Å². The molecule has 0 bridgehead atoms. The molecule has 0 fully saturated rings. The van der Waals surface area contributed by atoms with Crippen molar-refractivity contribution in [1.29, 1.82) is 0 Å². The Morgan fingerprint density at radius 2 is 2.00 bits per heavy atom. The van der Waals surface area contributed by atoms with E-state index in [-0.39, 0.29) is 5.91 Å². The van der Waals surface area contributed by atoms with Crippen molar-refractivity contribution < 1.29 is 4.79 Å². The van der Waals surface area contributed by atoms with E-state index >= 15 is 0 Å². The Balaban J connectivity index is 1.55. The highest BCUT2D eigenvalue weighted by molar-refractivity contribution is 8.01. The first-order chi connectivity index (χ1) is 11.7. The molecule has 3 rings (SSSR count). The van der Waals surface area contributed by atoms with Gasteiger partial charge in [-0.15, -0.1) is 5.10 Å². The van der Waals surface area contributed by atoms with Gasteiger partial charge < -0.3 is 5.32 Å². The second kappa shape index (κ2) is 8.18. The van der Waals surface area contributed by atoms with Gasteiger partial charge >= 0.3 is 0 Å². The number of nitrogens with one attached hydrogen (secondary N) is 1. The highest BCUT2D eigenvalue weighted by Gasteiger charge is 2.09. The zero-order chi connectivity index (χ0) is 16.8. The first kappa shape index (κ1) is 16.8. The number of para-hydroxylation sites is 1. The molecule has 5 nitrogen and oxygen atoms in total. The van der Waals surface area contributed by atoms with E-state index in [9.17, 15) is 4.79 Å². The molecule has 122 valence electrons. The van der Waals surface area contributed by atoms with Gasteiger partial charge in [0, 0.05) is 6.20 Å². The van der Waals surface area contributed by atoms with Crippen molar-refractivity contribution >= 4 is 41.2 Å². The summed E-state index contributed by atoms with van der Waals surface area (Å²) in [6.07, 6.45) is 1.71. The Hall–Kier alpha value is -2.03. The fraction of sp³-hybridized carbons (Fsp3) is 0.125. The summed E-state index contributed by atoms with van der Waals surface area (Å²) in [5.74, 6) is 0.238. The van der Waals surface area contributed by atoms with Crippen molar-refractivity contribution in [3.05, 3.63) is 64.4 Å². The Morgan fingerprint density at radius 3 is 2.75 bits per heavy atom. The maximum Gasteiger partial charge on any atom is 0.230 e. The molecule has 1 aromatic carbocycles. The van der Waals surface area contributed by atoms with Crippen LogP contribution in [0.15, 0.2) is 59.1 Å². The molecular formula is C16H14N4OS3. The van der Waals surface area contributed by atoms with Crippen molar-refractivity contribution in [2.24, 2.45) is 0 Å². The summed E-state index contributed by atoms with van der Waals surface area (Å²) in [7, 11) is 0. The van der Waals surface area contributed by atoms with Gasteiger partial charge in [-0.2, -0.15) is 0 Å². The maximum atomic E-state index is 11.9. The van der Waals surface area contributed by atoms with Crippen molar-refractivity contribution in [3.63, 3.8) is 0 Å². The third kappa shape index (κ3) is 4.50. The van der Waals surface area contributed by atoms with Gasteiger partial charge in [0.25, 0.3) is 0 Å². The number of nitrogens with zero attached hydrogens (tertiary/aromatic N) is 3. The lowest BCUT2D eigenvalue weighted by atomic mass is 10.3. The zero-order valence-corrected chi connectivity index (χ0v) is 15.0. The Morgan fingerprint density at radius 1 is 1.21 bits per heavy atom. The van der Waals surface area contributed by atoms with Crippen LogP contribution in [0, 0.1) is 3.95 Å². The normalized spacial score (nSPS) is 10.5. The molecule has 0 atom stereocenters. The average molecular weight is 375 g/mol. The number of hydrogen-bond donors (Lipinski definition) is 1. The highest BCUT2D eigenvalue weighted by atomic mass is 32.2. The summed E-state index contributed by atoms with van der Waals surface area (Å²) in [6.45, 7) is 0.425. The van der Waals surface area contributed by atoms with Crippen LogP contribution >= 0.6 is 35.3 Å². The summed E-state index contributed by atoms with van der Waals surface area (Å²) >= 11 is 8.13. The standard InChI is InChI=1S/C16H14N4OS3/c21-14(18-10-12-6-4-5-9-17-12)11-23-15-19-20(16(22)24-15)13-7-2-1-3-8-13/h1-9H,10-11H2,(H,18,21). The van der Waals surface area contributed by atoms with E-state index in [0.29, 0.717) is 16.3 Å². The lowest BCUT2D eigenvalue weighted by Gasteiger charge is -2.03. The number of thioether (sulfide) groups is 1. The number of benzene rings is 1. The van der Waals surface area contributed by atoms with Gasteiger partial charge in [-0.25, -0.2) is 4.68 Å². The second-order valence-electron chi connectivity index (χ2n) is 4.77. The molecule has 1 N–H and O–H groups in total. The minimum Gasteiger partial charge on any atom is -0.350 e. The van der Waals surface area contributed by atoms with Gasteiger partial charge in [0.05, 0.1) is 23.7 Å². The number of rotatable bonds is 6. The molecule has 2 heterocycles. The molecule has 2 aromatic heterocycles. The van der Waals surface area contributed by atoms with Crippen molar-refractivity contribution in [2.45, 2.75) is 10.9 Å². The van der Waals surface area contributed by atoms with E-state index in [2.05, 4.69) is 15.4 Å². The fourth-order valence-corrected chi connectivity index (χ4v) is 4.11. The molecule has 0 radical (unpaired) electrons. The van der Waals surface area contributed by atoms with Gasteiger partial charge in [-0.3, -0.25) is 9.78 Å².